The molecule has 0 aliphatic carbocycles. The summed E-state index contributed by atoms with van der Waals surface area (Å²) in [5.41, 5.74) is 0. The van der Waals surface area contributed by atoms with Gasteiger partial charge in [0.15, 0.2) is 0 Å². The Morgan fingerprint density at radius 3 is 2.87 bits per heavy atom. The fourth-order valence-electron chi connectivity index (χ4n) is 2.68. The Morgan fingerprint density at radius 1 is 1.39 bits per heavy atom. The Balaban J connectivity index is 1.77. The van der Waals surface area contributed by atoms with E-state index >= 15 is 0 Å². The Morgan fingerprint density at radius 2 is 2.17 bits per heavy atom. The lowest BCUT2D eigenvalue weighted by Crippen LogP contribution is -2.53. The summed E-state index contributed by atoms with van der Waals surface area (Å²) in [5.74, 6) is 1.07. The second-order valence-electron chi connectivity index (χ2n) is 5.86. The van der Waals surface area contributed by atoms with Gasteiger partial charge in [-0.1, -0.05) is 13.3 Å². The van der Waals surface area contributed by atoms with E-state index in [1.807, 2.05) is 24.3 Å². The first-order valence-corrected chi connectivity index (χ1v) is 9.72. The van der Waals surface area contributed by atoms with E-state index in [1.54, 1.807) is 0 Å². The average molecular weight is 340 g/mol. The van der Waals surface area contributed by atoms with Crippen LogP contribution in [0.3, 0.4) is 0 Å². The van der Waals surface area contributed by atoms with Gasteiger partial charge in [0.25, 0.3) is 0 Å². The number of aliphatic hydroxyl groups excluding tert-OH is 1. The Bertz CT molecular complexity index is 481. The predicted octanol–water partition coefficient (Wildman–Crippen LogP) is 1.24. The van der Waals surface area contributed by atoms with Crippen molar-refractivity contribution in [3.05, 3.63) is 24.3 Å². The van der Waals surface area contributed by atoms with Crippen molar-refractivity contribution >= 4 is 10.8 Å². The minimum absolute atomic E-state index is 0.0628. The Kier molecular flexibility index (Phi) is 8.02. The maximum absolute atomic E-state index is 11.8. The van der Waals surface area contributed by atoms with E-state index in [2.05, 4.69) is 17.1 Å². The molecule has 2 N–H and O–H groups in total. The number of piperazine rings is 1. The molecular formula is C17H28N2O3S. The monoisotopic (exact) mass is 340 g/mol. The molecule has 1 aromatic rings. The summed E-state index contributed by atoms with van der Waals surface area (Å²) in [6.45, 7) is 7.12. The Labute approximate surface area is 141 Å². The lowest BCUT2D eigenvalue weighted by Gasteiger charge is -2.33. The smallest absolute Gasteiger partial charge is 0.119 e. The summed E-state index contributed by atoms with van der Waals surface area (Å²) in [5, 5.41) is 12.3. The van der Waals surface area contributed by atoms with Crippen molar-refractivity contribution in [2.45, 2.75) is 30.7 Å². The van der Waals surface area contributed by atoms with Crippen LogP contribution in [0, 0.1) is 0 Å². The molecule has 1 fully saturated rings. The van der Waals surface area contributed by atoms with Gasteiger partial charge in [-0.25, -0.2) is 0 Å². The summed E-state index contributed by atoms with van der Waals surface area (Å²) in [6.07, 6.45) is 2.48. The molecule has 2 rings (SSSR count). The van der Waals surface area contributed by atoms with Gasteiger partial charge in [-0.3, -0.25) is 4.21 Å². The van der Waals surface area contributed by atoms with E-state index in [9.17, 15) is 4.21 Å². The van der Waals surface area contributed by atoms with Crippen molar-refractivity contribution in [2.75, 3.05) is 45.1 Å². The molecule has 0 bridgehead atoms. The minimum Gasteiger partial charge on any atom is -0.492 e. The molecule has 5 nitrogen and oxygen atoms in total. The zero-order chi connectivity index (χ0) is 16.5. The molecule has 2 unspecified atom stereocenters. The third-order valence-corrected chi connectivity index (χ3v) is 5.33. The highest BCUT2D eigenvalue weighted by Crippen LogP contribution is 2.15. The molecule has 23 heavy (non-hydrogen) atoms. The van der Waals surface area contributed by atoms with Crippen LogP contribution in [0.15, 0.2) is 29.2 Å². The van der Waals surface area contributed by atoms with Crippen LogP contribution in [-0.4, -0.2) is 65.4 Å². The highest BCUT2D eigenvalue weighted by atomic mass is 32.2. The van der Waals surface area contributed by atoms with E-state index < -0.39 is 10.8 Å². The number of hydrogen-bond acceptors (Lipinski definition) is 5. The third-order valence-electron chi connectivity index (χ3n) is 3.98. The summed E-state index contributed by atoms with van der Waals surface area (Å²) < 4.78 is 17.6. The van der Waals surface area contributed by atoms with Gasteiger partial charge >= 0.3 is 0 Å². The fourth-order valence-corrected chi connectivity index (χ4v) is 3.52. The topological polar surface area (TPSA) is 61.8 Å². The van der Waals surface area contributed by atoms with Crippen LogP contribution in [-0.2, 0) is 10.8 Å². The number of nitrogens with one attached hydrogen (secondary N) is 1. The molecule has 2 atom stereocenters. The molecule has 1 heterocycles. The number of rotatable bonds is 9. The first-order valence-electron chi connectivity index (χ1n) is 8.40. The lowest BCUT2D eigenvalue weighted by atomic mass is 10.2. The highest BCUT2D eigenvalue weighted by Gasteiger charge is 2.19. The van der Waals surface area contributed by atoms with Gasteiger partial charge in [0.2, 0.25) is 0 Å². The number of aliphatic hydroxyl groups is 1. The van der Waals surface area contributed by atoms with E-state index in [0.717, 1.165) is 30.3 Å². The van der Waals surface area contributed by atoms with Gasteiger partial charge in [-0.2, -0.15) is 0 Å². The van der Waals surface area contributed by atoms with Crippen molar-refractivity contribution in [2.24, 2.45) is 0 Å². The standard InChI is InChI=1S/C17H28N2O3S/c1-2-3-9-19-10-8-18-15(13-19)14-22-16-4-6-17(7-5-16)23(21)12-11-20/h4-7,15,18,20H,2-3,8-14H2,1H3. The predicted molar refractivity (Wildman–Crippen MR) is 93.4 cm³/mol. The highest BCUT2D eigenvalue weighted by molar-refractivity contribution is 7.85. The molecule has 1 aromatic carbocycles. The molecule has 0 saturated carbocycles. The third kappa shape index (κ3) is 6.22. The van der Waals surface area contributed by atoms with Crippen molar-refractivity contribution in [1.29, 1.82) is 0 Å². The number of hydrogen-bond donors (Lipinski definition) is 2. The largest absolute Gasteiger partial charge is 0.492 e. The molecular weight excluding hydrogens is 312 g/mol. The summed E-state index contributed by atoms with van der Waals surface area (Å²) >= 11 is 0. The lowest BCUT2D eigenvalue weighted by molar-refractivity contribution is 0.156. The fraction of sp³-hybridized carbons (Fsp3) is 0.647. The van der Waals surface area contributed by atoms with Crippen LogP contribution in [0.2, 0.25) is 0 Å². The minimum atomic E-state index is -1.13. The molecule has 6 heteroatoms. The van der Waals surface area contributed by atoms with E-state index in [1.165, 1.54) is 19.4 Å². The van der Waals surface area contributed by atoms with E-state index in [0.29, 0.717) is 12.6 Å². The van der Waals surface area contributed by atoms with Gasteiger partial charge in [0.1, 0.15) is 12.4 Å². The van der Waals surface area contributed by atoms with Crippen LogP contribution in [0.5, 0.6) is 5.75 Å². The average Bonchev–Trinajstić information content (AvgIpc) is 2.59. The van der Waals surface area contributed by atoms with Crippen molar-refractivity contribution in [1.82, 2.24) is 10.2 Å². The van der Waals surface area contributed by atoms with Gasteiger partial charge < -0.3 is 20.1 Å². The molecule has 130 valence electrons. The van der Waals surface area contributed by atoms with Crippen molar-refractivity contribution < 1.29 is 14.1 Å². The number of ether oxygens (including phenoxy) is 1. The number of benzene rings is 1. The molecule has 0 spiro atoms. The van der Waals surface area contributed by atoms with Crippen molar-refractivity contribution in [3.63, 3.8) is 0 Å². The SMILES string of the molecule is CCCCN1CCNC(COc2ccc(S(=O)CCO)cc2)C1. The summed E-state index contributed by atoms with van der Waals surface area (Å²) in [7, 11) is -1.13. The quantitative estimate of drug-likeness (QED) is 0.708. The second-order valence-corrected chi connectivity index (χ2v) is 7.43. The van der Waals surface area contributed by atoms with Gasteiger partial charge in [0, 0.05) is 24.5 Å². The normalized spacial score (nSPS) is 20.3. The maximum atomic E-state index is 11.8. The van der Waals surface area contributed by atoms with Gasteiger partial charge in [-0.05, 0) is 37.2 Å². The second kappa shape index (κ2) is 10.0. The van der Waals surface area contributed by atoms with Crippen LogP contribution in [0.25, 0.3) is 0 Å². The molecule has 0 aromatic heterocycles. The first kappa shape index (κ1) is 18.4. The number of nitrogens with zero attached hydrogens (tertiary/aromatic N) is 1. The summed E-state index contributed by atoms with van der Waals surface area (Å²) in [4.78, 5) is 3.22. The molecule has 1 aliphatic rings. The molecule has 0 radical (unpaired) electrons. The van der Waals surface area contributed by atoms with E-state index in [-0.39, 0.29) is 12.4 Å². The maximum Gasteiger partial charge on any atom is 0.119 e. The zero-order valence-electron chi connectivity index (χ0n) is 13.9. The zero-order valence-corrected chi connectivity index (χ0v) is 14.7. The Hall–Kier alpha value is -0.950. The van der Waals surface area contributed by atoms with Crippen LogP contribution in [0.1, 0.15) is 19.8 Å². The van der Waals surface area contributed by atoms with Crippen LogP contribution < -0.4 is 10.1 Å². The summed E-state index contributed by atoms with van der Waals surface area (Å²) in [6, 6.07) is 7.67. The van der Waals surface area contributed by atoms with E-state index in [4.69, 9.17) is 9.84 Å². The van der Waals surface area contributed by atoms with Crippen LogP contribution in [0.4, 0.5) is 0 Å². The molecule has 1 aliphatic heterocycles. The van der Waals surface area contributed by atoms with Gasteiger partial charge in [-0.15, -0.1) is 0 Å². The first-order chi connectivity index (χ1) is 11.2. The van der Waals surface area contributed by atoms with Gasteiger partial charge in [0.05, 0.1) is 29.2 Å². The van der Waals surface area contributed by atoms with Crippen LogP contribution >= 0.6 is 0 Å². The molecule has 1 saturated heterocycles. The van der Waals surface area contributed by atoms with Crippen molar-refractivity contribution in [3.8, 4) is 5.75 Å². The molecule has 0 amide bonds. The number of unbranched alkanes of at least 4 members (excludes halogenated alkanes) is 1.